The van der Waals surface area contributed by atoms with Crippen LogP contribution in [-0.2, 0) is 21.5 Å². The molecule has 1 fully saturated rings. The molecule has 3 heterocycles. The number of hydrogen-bond acceptors (Lipinski definition) is 3. The number of urea groups is 1. The third kappa shape index (κ3) is 3.48. The second-order valence-corrected chi connectivity index (χ2v) is 9.87. The van der Waals surface area contributed by atoms with Crippen LogP contribution in [0.3, 0.4) is 0 Å². The predicted molar refractivity (Wildman–Crippen MR) is 124 cm³/mol. The van der Waals surface area contributed by atoms with Crippen LogP contribution in [0.1, 0.15) is 65.1 Å². The summed E-state index contributed by atoms with van der Waals surface area (Å²) in [4.78, 5) is 46.0. The molecular weight excluding hydrogens is 404 g/mol. The summed E-state index contributed by atoms with van der Waals surface area (Å²) >= 11 is 0. The lowest BCUT2D eigenvalue weighted by atomic mass is 9.87. The van der Waals surface area contributed by atoms with Crippen LogP contribution in [0.5, 0.6) is 0 Å². The van der Waals surface area contributed by atoms with Gasteiger partial charge in [0, 0.05) is 23.5 Å². The minimum Gasteiger partial charge on any atom is -0.356 e. The number of aromatic amines is 1. The van der Waals surface area contributed by atoms with Gasteiger partial charge < -0.3 is 15.2 Å². The van der Waals surface area contributed by atoms with E-state index in [0.717, 1.165) is 46.3 Å². The van der Waals surface area contributed by atoms with Gasteiger partial charge in [-0.25, -0.2) is 9.69 Å². The third-order valence-corrected chi connectivity index (χ3v) is 7.07. The summed E-state index contributed by atoms with van der Waals surface area (Å²) in [7, 11) is 0. The van der Waals surface area contributed by atoms with Crippen LogP contribution in [0.25, 0.3) is 10.9 Å². The zero-order chi connectivity index (χ0) is 23.2. The molecule has 2 N–H and O–H groups in total. The SMILES string of the molecule is CC(C)CCC[C@@H](C)NC(=O)[C@H](C)N1C(=O)N2CCc3c([nH]c4ccccc34)[C@@]2(C)C1=O. The van der Waals surface area contributed by atoms with Crippen molar-refractivity contribution in [2.45, 2.75) is 77.9 Å². The van der Waals surface area contributed by atoms with Crippen molar-refractivity contribution in [1.29, 1.82) is 0 Å². The van der Waals surface area contributed by atoms with Crippen LogP contribution >= 0.6 is 0 Å². The van der Waals surface area contributed by atoms with Crippen molar-refractivity contribution in [1.82, 2.24) is 20.1 Å². The molecule has 2 aromatic rings. The van der Waals surface area contributed by atoms with Gasteiger partial charge in [-0.2, -0.15) is 0 Å². The minimum atomic E-state index is -1.12. The van der Waals surface area contributed by atoms with Gasteiger partial charge >= 0.3 is 6.03 Å². The molecule has 7 heteroatoms. The number of nitrogens with zero attached hydrogens (tertiary/aromatic N) is 2. The van der Waals surface area contributed by atoms with Crippen LogP contribution in [-0.4, -0.2) is 51.3 Å². The Balaban J connectivity index is 1.55. The fourth-order valence-electron chi connectivity index (χ4n) is 5.14. The van der Waals surface area contributed by atoms with E-state index >= 15 is 0 Å². The Kier molecular flexibility index (Phi) is 5.77. The first-order valence-corrected chi connectivity index (χ1v) is 11.7. The van der Waals surface area contributed by atoms with Crippen LogP contribution in [0.2, 0.25) is 0 Å². The predicted octanol–water partition coefficient (Wildman–Crippen LogP) is 3.92. The molecule has 1 saturated heterocycles. The van der Waals surface area contributed by atoms with Gasteiger partial charge in [-0.1, -0.05) is 44.9 Å². The zero-order valence-corrected chi connectivity index (χ0v) is 19.7. The lowest BCUT2D eigenvalue weighted by Crippen LogP contribution is -2.51. The van der Waals surface area contributed by atoms with Crippen molar-refractivity contribution in [2.75, 3.05) is 6.54 Å². The first-order chi connectivity index (χ1) is 15.2. The number of nitrogens with one attached hydrogen (secondary N) is 2. The number of amides is 4. The maximum absolute atomic E-state index is 13.7. The Hall–Kier alpha value is -2.83. The van der Waals surface area contributed by atoms with E-state index < -0.39 is 17.6 Å². The van der Waals surface area contributed by atoms with Gasteiger partial charge in [0.15, 0.2) is 5.54 Å². The molecule has 7 nitrogen and oxygen atoms in total. The van der Waals surface area contributed by atoms with Crippen molar-refractivity contribution in [3.05, 3.63) is 35.5 Å². The van der Waals surface area contributed by atoms with Gasteiger partial charge in [0.25, 0.3) is 5.91 Å². The lowest BCUT2D eigenvalue weighted by molar-refractivity contribution is -0.139. The fourth-order valence-corrected chi connectivity index (χ4v) is 5.14. The Morgan fingerprint density at radius 2 is 1.88 bits per heavy atom. The first-order valence-electron chi connectivity index (χ1n) is 11.7. The maximum atomic E-state index is 13.7. The molecule has 4 rings (SSSR count). The highest BCUT2D eigenvalue weighted by atomic mass is 16.2. The van der Waals surface area contributed by atoms with Crippen molar-refractivity contribution < 1.29 is 14.4 Å². The van der Waals surface area contributed by atoms with E-state index in [4.69, 9.17) is 0 Å². The van der Waals surface area contributed by atoms with E-state index in [0.29, 0.717) is 18.9 Å². The highest BCUT2D eigenvalue weighted by Gasteiger charge is 2.60. The number of carbonyl (C=O) groups excluding carboxylic acids is 3. The number of aromatic nitrogens is 1. The van der Waals surface area contributed by atoms with Crippen molar-refractivity contribution in [3.63, 3.8) is 0 Å². The molecule has 0 bridgehead atoms. The number of para-hydroxylation sites is 1. The average Bonchev–Trinajstić information content (AvgIpc) is 3.21. The molecular formula is C25H34N4O3. The Labute approximate surface area is 189 Å². The molecule has 2 aliphatic heterocycles. The van der Waals surface area contributed by atoms with Gasteiger partial charge in [0.1, 0.15) is 6.04 Å². The number of carbonyl (C=O) groups is 3. The van der Waals surface area contributed by atoms with E-state index in [2.05, 4.69) is 24.1 Å². The molecule has 0 saturated carbocycles. The summed E-state index contributed by atoms with van der Waals surface area (Å²) in [6, 6.07) is 6.70. The van der Waals surface area contributed by atoms with E-state index in [1.165, 1.54) is 0 Å². The smallest absolute Gasteiger partial charge is 0.328 e. The Morgan fingerprint density at radius 3 is 2.59 bits per heavy atom. The van der Waals surface area contributed by atoms with Crippen molar-refractivity contribution >= 4 is 28.7 Å². The normalized spacial score (nSPS) is 22.3. The van der Waals surface area contributed by atoms with Crippen molar-refractivity contribution in [3.8, 4) is 0 Å². The average molecular weight is 439 g/mol. The molecule has 3 atom stereocenters. The number of fused-ring (bicyclic) bond motifs is 5. The highest BCUT2D eigenvalue weighted by molar-refractivity contribution is 6.10. The molecule has 1 aromatic heterocycles. The molecule has 4 amide bonds. The van der Waals surface area contributed by atoms with Crippen LogP contribution in [0.4, 0.5) is 4.79 Å². The third-order valence-electron chi connectivity index (χ3n) is 7.07. The Morgan fingerprint density at radius 1 is 1.16 bits per heavy atom. The summed E-state index contributed by atoms with van der Waals surface area (Å²) in [5.41, 5.74) is 1.68. The second-order valence-electron chi connectivity index (χ2n) is 9.87. The molecule has 32 heavy (non-hydrogen) atoms. The van der Waals surface area contributed by atoms with Crippen molar-refractivity contribution in [2.24, 2.45) is 5.92 Å². The standard InChI is InChI=1S/C25H34N4O3/c1-15(2)9-8-10-16(3)26-22(30)17(4)29-23(31)25(5)21-19(13-14-28(25)24(29)32)18-11-6-7-12-20(18)27-21/h6-7,11-12,15-17,27H,8-10,13-14H2,1-5H3,(H,26,30)/t16-,17+,25+/m1/s1. The van der Waals surface area contributed by atoms with E-state index in [-0.39, 0.29) is 17.9 Å². The number of H-pyrrole nitrogens is 1. The van der Waals surface area contributed by atoms with Gasteiger partial charge in [0.05, 0.1) is 5.69 Å². The van der Waals surface area contributed by atoms with E-state index in [1.54, 1.807) is 18.7 Å². The topological polar surface area (TPSA) is 85.5 Å². The molecule has 0 aliphatic carbocycles. The highest BCUT2D eigenvalue weighted by Crippen LogP contribution is 2.44. The number of rotatable bonds is 7. The van der Waals surface area contributed by atoms with Crippen LogP contribution in [0.15, 0.2) is 24.3 Å². The molecule has 1 aromatic carbocycles. The van der Waals surface area contributed by atoms with E-state index in [1.807, 2.05) is 31.2 Å². The summed E-state index contributed by atoms with van der Waals surface area (Å²) in [5.74, 6) is -0.00137. The second kappa shape index (κ2) is 8.26. The molecule has 0 unspecified atom stereocenters. The Bertz CT molecular complexity index is 1060. The number of hydrogen-bond donors (Lipinski definition) is 2. The summed E-state index contributed by atoms with van der Waals surface area (Å²) in [6.07, 6.45) is 3.69. The molecule has 0 spiro atoms. The van der Waals surface area contributed by atoms with Crippen LogP contribution in [0, 0.1) is 5.92 Å². The summed E-state index contributed by atoms with van der Waals surface area (Å²) in [6.45, 7) is 10.2. The number of benzene rings is 1. The largest absolute Gasteiger partial charge is 0.356 e. The first kappa shape index (κ1) is 22.4. The monoisotopic (exact) mass is 438 g/mol. The summed E-state index contributed by atoms with van der Waals surface area (Å²) in [5, 5.41) is 4.08. The van der Waals surface area contributed by atoms with Gasteiger partial charge in [-0.15, -0.1) is 0 Å². The lowest BCUT2D eigenvalue weighted by Gasteiger charge is -2.36. The molecule has 172 valence electrons. The minimum absolute atomic E-state index is 0.00464. The van der Waals surface area contributed by atoms with E-state index in [9.17, 15) is 14.4 Å². The van der Waals surface area contributed by atoms with Gasteiger partial charge in [-0.05, 0) is 51.2 Å². The molecule has 0 radical (unpaired) electrons. The van der Waals surface area contributed by atoms with Gasteiger partial charge in [0.2, 0.25) is 5.91 Å². The molecule has 2 aliphatic rings. The maximum Gasteiger partial charge on any atom is 0.328 e. The fraction of sp³-hybridized carbons (Fsp3) is 0.560. The van der Waals surface area contributed by atoms with Crippen LogP contribution < -0.4 is 5.32 Å². The van der Waals surface area contributed by atoms with Gasteiger partial charge in [-0.3, -0.25) is 9.59 Å². The zero-order valence-electron chi connectivity index (χ0n) is 19.7. The quantitative estimate of drug-likeness (QED) is 0.643. The summed E-state index contributed by atoms with van der Waals surface area (Å²) < 4.78 is 0. The number of imide groups is 1.